The minimum atomic E-state index is -0.604. The van der Waals surface area contributed by atoms with Crippen LogP contribution in [-0.2, 0) is 4.79 Å². The number of thioether (sulfide) groups is 1. The van der Waals surface area contributed by atoms with E-state index in [4.69, 9.17) is 0 Å². The molecule has 3 aromatic rings. The summed E-state index contributed by atoms with van der Waals surface area (Å²) in [7, 11) is 0. The Morgan fingerprint density at radius 2 is 1.69 bits per heavy atom. The molecule has 0 atom stereocenters. The molecule has 0 aliphatic rings. The molecule has 0 saturated carbocycles. The lowest BCUT2D eigenvalue weighted by Gasteiger charge is -2.09. The summed E-state index contributed by atoms with van der Waals surface area (Å²) in [5.41, 5.74) is 0.522. The number of hydrogen-bond acceptors (Lipinski definition) is 3. The van der Waals surface area contributed by atoms with Crippen molar-refractivity contribution in [2.24, 2.45) is 0 Å². The zero-order valence-electron chi connectivity index (χ0n) is 14.9. The molecule has 29 heavy (non-hydrogen) atoms. The zero-order chi connectivity index (χ0) is 20.8. The van der Waals surface area contributed by atoms with Crippen LogP contribution in [0.1, 0.15) is 10.4 Å². The summed E-state index contributed by atoms with van der Waals surface area (Å²) >= 11 is 4.39. The highest BCUT2D eigenvalue weighted by molar-refractivity contribution is 9.10. The number of carbonyl (C=O) groups excluding carboxylic acids is 2. The van der Waals surface area contributed by atoms with Gasteiger partial charge in [-0.25, -0.2) is 8.78 Å². The van der Waals surface area contributed by atoms with Crippen molar-refractivity contribution in [3.8, 4) is 0 Å². The minimum absolute atomic E-state index is 0.0542. The zero-order valence-corrected chi connectivity index (χ0v) is 17.3. The van der Waals surface area contributed by atoms with Crippen LogP contribution in [-0.4, -0.2) is 17.6 Å². The van der Waals surface area contributed by atoms with Gasteiger partial charge in [0.1, 0.15) is 11.6 Å². The highest BCUT2D eigenvalue weighted by Crippen LogP contribution is 2.24. The molecule has 3 rings (SSSR count). The molecular weight excluding hydrogens is 462 g/mol. The van der Waals surface area contributed by atoms with Crippen LogP contribution in [0.15, 0.2) is 76.1 Å². The molecule has 0 aromatic heterocycles. The second-order valence-electron chi connectivity index (χ2n) is 5.92. The Labute approximate surface area is 178 Å². The van der Waals surface area contributed by atoms with E-state index in [-0.39, 0.29) is 22.9 Å². The van der Waals surface area contributed by atoms with Crippen molar-refractivity contribution >= 4 is 50.9 Å². The molecule has 0 radical (unpaired) electrons. The van der Waals surface area contributed by atoms with Gasteiger partial charge in [-0.2, -0.15) is 0 Å². The Morgan fingerprint density at radius 1 is 0.897 bits per heavy atom. The number of amides is 2. The molecule has 148 valence electrons. The Bertz CT molecular complexity index is 1060. The molecular formula is C21H15BrF2N2O2S. The van der Waals surface area contributed by atoms with Gasteiger partial charge in [-0.1, -0.05) is 34.1 Å². The van der Waals surface area contributed by atoms with Crippen molar-refractivity contribution in [3.05, 3.63) is 88.4 Å². The topological polar surface area (TPSA) is 58.2 Å². The van der Waals surface area contributed by atoms with Crippen molar-refractivity contribution < 1.29 is 18.4 Å². The number of anilines is 2. The largest absolute Gasteiger partial charge is 0.323 e. The molecule has 2 N–H and O–H groups in total. The molecule has 0 heterocycles. The molecule has 2 amide bonds. The third-order valence-corrected chi connectivity index (χ3v) is 5.27. The second-order valence-corrected chi connectivity index (χ2v) is 7.89. The van der Waals surface area contributed by atoms with E-state index in [1.165, 1.54) is 42.1 Å². The molecule has 8 heteroatoms. The first kappa shape index (κ1) is 21.0. The van der Waals surface area contributed by atoms with Crippen LogP contribution >= 0.6 is 27.7 Å². The van der Waals surface area contributed by atoms with Gasteiger partial charge >= 0.3 is 0 Å². The van der Waals surface area contributed by atoms with E-state index in [0.717, 1.165) is 4.90 Å². The van der Waals surface area contributed by atoms with Crippen molar-refractivity contribution in [1.82, 2.24) is 0 Å². The predicted octanol–water partition coefficient (Wildman–Crippen LogP) is 5.71. The maximum absolute atomic E-state index is 13.8. The van der Waals surface area contributed by atoms with Gasteiger partial charge < -0.3 is 10.6 Å². The Hall–Kier alpha value is -2.71. The van der Waals surface area contributed by atoms with E-state index < -0.39 is 17.5 Å². The Morgan fingerprint density at radius 3 is 2.45 bits per heavy atom. The molecule has 0 bridgehead atoms. The van der Waals surface area contributed by atoms with Gasteiger partial charge in [-0.3, -0.25) is 9.59 Å². The SMILES string of the molecule is O=C(CSc1cccc(NC(=O)c2ccccc2F)c1)Nc1ccc(Br)cc1F. The van der Waals surface area contributed by atoms with E-state index in [9.17, 15) is 18.4 Å². The molecule has 3 aromatic carbocycles. The lowest BCUT2D eigenvalue weighted by atomic mass is 10.2. The lowest BCUT2D eigenvalue weighted by molar-refractivity contribution is -0.113. The molecule has 4 nitrogen and oxygen atoms in total. The van der Waals surface area contributed by atoms with Crippen molar-refractivity contribution in [2.75, 3.05) is 16.4 Å². The van der Waals surface area contributed by atoms with Crippen LogP contribution in [0.2, 0.25) is 0 Å². The minimum Gasteiger partial charge on any atom is -0.323 e. The molecule has 0 spiro atoms. The summed E-state index contributed by atoms with van der Waals surface area (Å²) in [6, 6.07) is 16.9. The average molecular weight is 477 g/mol. The highest BCUT2D eigenvalue weighted by atomic mass is 79.9. The van der Waals surface area contributed by atoms with Crippen LogP contribution in [0.4, 0.5) is 20.2 Å². The van der Waals surface area contributed by atoms with Crippen LogP contribution in [0.25, 0.3) is 0 Å². The van der Waals surface area contributed by atoms with Crippen molar-refractivity contribution in [2.45, 2.75) is 4.90 Å². The maximum atomic E-state index is 13.8. The number of carbonyl (C=O) groups is 2. The summed E-state index contributed by atoms with van der Waals surface area (Å²) in [5.74, 6) is -2.01. The summed E-state index contributed by atoms with van der Waals surface area (Å²) in [6.45, 7) is 0. The molecule has 0 unspecified atom stereocenters. The van der Waals surface area contributed by atoms with Gasteiger partial charge in [-0.05, 0) is 48.5 Å². The van der Waals surface area contributed by atoms with Gasteiger partial charge in [0.2, 0.25) is 5.91 Å². The van der Waals surface area contributed by atoms with Gasteiger partial charge in [0.25, 0.3) is 5.91 Å². The van der Waals surface area contributed by atoms with Crippen LogP contribution in [0, 0.1) is 11.6 Å². The fourth-order valence-corrected chi connectivity index (χ4v) is 3.52. The highest BCUT2D eigenvalue weighted by Gasteiger charge is 2.12. The lowest BCUT2D eigenvalue weighted by Crippen LogP contribution is -2.15. The first-order chi connectivity index (χ1) is 13.9. The maximum Gasteiger partial charge on any atom is 0.258 e. The number of benzene rings is 3. The van der Waals surface area contributed by atoms with Gasteiger partial charge in [0, 0.05) is 15.1 Å². The van der Waals surface area contributed by atoms with Gasteiger partial charge in [-0.15, -0.1) is 11.8 Å². The van der Waals surface area contributed by atoms with Crippen LogP contribution < -0.4 is 10.6 Å². The first-order valence-corrected chi connectivity index (χ1v) is 10.2. The van der Waals surface area contributed by atoms with Gasteiger partial charge in [0.15, 0.2) is 0 Å². The van der Waals surface area contributed by atoms with E-state index in [2.05, 4.69) is 26.6 Å². The van der Waals surface area contributed by atoms with Crippen LogP contribution in [0.3, 0.4) is 0 Å². The third kappa shape index (κ3) is 5.88. The summed E-state index contributed by atoms with van der Waals surface area (Å²) in [5, 5.41) is 5.15. The monoisotopic (exact) mass is 476 g/mol. The molecule has 0 aliphatic heterocycles. The van der Waals surface area contributed by atoms with E-state index in [1.54, 1.807) is 36.4 Å². The smallest absolute Gasteiger partial charge is 0.258 e. The first-order valence-electron chi connectivity index (χ1n) is 8.46. The van der Waals surface area contributed by atoms with Gasteiger partial charge in [0.05, 0.1) is 17.0 Å². The Kier molecular flexibility index (Phi) is 7.00. The second kappa shape index (κ2) is 9.67. The predicted molar refractivity (Wildman–Crippen MR) is 114 cm³/mol. The molecule has 0 fully saturated rings. The molecule has 0 aliphatic carbocycles. The fraction of sp³-hybridized carbons (Fsp3) is 0.0476. The molecule has 0 saturated heterocycles. The number of nitrogens with one attached hydrogen (secondary N) is 2. The fourth-order valence-electron chi connectivity index (χ4n) is 2.43. The number of rotatable bonds is 6. The van der Waals surface area contributed by atoms with E-state index in [0.29, 0.717) is 10.2 Å². The van der Waals surface area contributed by atoms with Crippen LogP contribution in [0.5, 0.6) is 0 Å². The number of hydrogen-bond donors (Lipinski definition) is 2. The standard InChI is InChI=1S/C21H15BrF2N2O2S/c22-13-8-9-19(18(24)10-13)26-20(27)12-29-15-5-3-4-14(11-15)25-21(28)16-6-1-2-7-17(16)23/h1-11H,12H2,(H,25,28)(H,26,27). The third-order valence-electron chi connectivity index (χ3n) is 3.79. The summed E-state index contributed by atoms with van der Waals surface area (Å²) < 4.78 is 28.1. The van der Waals surface area contributed by atoms with Crippen molar-refractivity contribution in [1.29, 1.82) is 0 Å². The van der Waals surface area contributed by atoms with Crippen molar-refractivity contribution in [3.63, 3.8) is 0 Å². The quantitative estimate of drug-likeness (QED) is 0.448. The average Bonchev–Trinajstić information content (AvgIpc) is 2.69. The normalized spacial score (nSPS) is 10.4. The number of halogens is 3. The summed E-state index contributed by atoms with van der Waals surface area (Å²) in [6.07, 6.45) is 0. The summed E-state index contributed by atoms with van der Waals surface area (Å²) in [4.78, 5) is 25.0. The Balaban J connectivity index is 1.59. The van der Waals surface area contributed by atoms with E-state index in [1.807, 2.05) is 0 Å². The van der Waals surface area contributed by atoms with E-state index >= 15 is 0 Å².